The molecule has 6 atom stereocenters. The molecule has 1 saturated heterocycles. The molecule has 0 aromatic heterocycles. The molecule has 4 N–H and O–H groups in total. The maximum atomic E-state index is 12.9. The van der Waals surface area contributed by atoms with Crippen LogP contribution in [0.15, 0.2) is 36.5 Å². The van der Waals surface area contributed by atoms with E-state index in [1.807, 2.05) is 0 Å². The Kier molecular flexibility index (Phi) is 45.7. The number of hydrogen-bond donors (Lipinski definition) is 4. The number of esters is 1. The Labute approximate surface area is 428 Å². The number of hydrogen-bond acceptors (Lipinski definition) is 11. The summed E-state index contributed by atoms with van der Waals surface area (Å²) in [6.45, 7) is 4.00. The zero-order valence-electron chi connectivity index (χ0n) is 44.6. The van der Waals surface area contributed by atoms with E-state index in [1.165, 1.54) is 180 Å². The van der Waals surface area contributed by atoms with Gasteiger partial charge in [-0.25, -0.2) is 4.18 Å². The van der Waals surface area contributed by atoms with Crippen LogP contribution in [0.3, 0.4) is 0 Å². The van der Waals surface area contributed by atoms with Gasteiger partial charge in [-0.3, -0.25) is 9.35 Å². The topological polar surface area (TPSA) is 178 Å². The molecule has 0 bridgehead atoms. The van der Waals surface area contributed by atoms with Gasteiger partial charge in [0.15, 0.2) is 6.29 Å². The second-order valence-corrected chi connectivity index (χ2v) is 20.9. The predicted molar refractivity (Wildman–Crippen MR) is 285 cm³/mol. The van der Waals surface area contributed by atoms with E-state index in [1.54, 1.807) is 0 Å². The van der Waals surface area contributed by atoms with Crippen LogP contribution >= 0.6 is 0 Å². The van der Waals surface area contributed by atoms with E-state index in [2.05, 4.69) is 54.5 Å². The van der Waals surface area contributed by atoms with Crippen molar-refractivity contribution in [1.82, 2.24) is 0 Å². The normalized spacial score (nSPS) is 19.3. The van der Waals surface area contributed by atoms with E-state index in [0.29, 0.717) is 13.0 Å². The van der Waals surface area contributed by atoms with Crippen LogP contribution in [0.2, 0.25) is 0 Å². The van der Waals surface area contributed by atoms with Gasteiger partial charge in [-0.15, -0.1) is 0 Å². The molecule has 0 aliphatic carbocycles. The van der Waals surface area contributed by atoms with Crippen LogP contribution in [0.25, 0.3) is 0 Å². The highest BCUT2D eigenvalue weighted by atomic mass is 32.3. The van der Waals surface area contributed by atoms with Crippen molar-refractivity contribution in [2.75, 3.05) is 26.4 Å². The zero-order chi connectivity index (χ0) is 51.0. The van der Waals surface area contributed by atoms with E-state index in [0.717, 1.165) is 51.4 Å². The molecule has 412 valence electrons. The monoisotopic (exact) mass is 1010 g/mol. The van der Waals surface area contributed by atoms with E-state index in [4.69, 9.17) is 18.9 Å². The van der Waals surface area contributed by atoms with Crippen molar-refractivity contribution in [3.8, 4) is 0 Å². The van der Waals surface area contributed by atoms with Gasteiger partial charge in [-0.05, 0) is 70.6 Å². The van der Waals surface area contributed by atoms with Gasteiger partial charge >= 0.3 is 16.4 Å². The average molecular weight is 1020 g/mol. The first-order chi connectivity index (χ1) is 34.1. The SMILES string of the molecule is CCCCC/C=C\C/C=C\CCCCCCCCCC(=O)OC(COCCCCCCCCCCCCCCCC/C=C\CCCCCCCCCC)COC1OC(CO)C(O)C(OS(=O)(=O)O)C1O. The lowest BCUT2D eigenvalue weighted by Gasteiger charge is -2.41. The number of unbranched alkanes of at least 4 members (excludes halogenated alkanes) is 32. The number of carbonyl (C=O) groups is 1. The van der Waals surface area contributed by atoms with Crippen molar-refractivity contribution >= 4 is 16.4 Å². The van der Waals surface area contributed by atoms with Crippen molar-refractivity contribution in [2.24, 2.45) is 0 Å². The lowest BCUT2D eigenvalue weighted by atomic mass is 9.99. The molecule has 0 amide bonds. The number of carbonyl (C=O) groups excluding carboxylic acids is 1. The fourth-order valence-electron chi connectivity index (χ4n) is 8.88. The molecule has 1 aliphatic heterocycles. The standard InChI is InChI=1S/C57H106O12S/c1-3-5-7-9-11-13-15-17-19-21-22-23-24-25-26-27-28-29-31-33-35-37-39-41-43-45-47-65-49-51(50-66-57-55(61)56(69-70(62,63)64)54(60)52(48-58)68-57)67-53(59)46-44-42-40-38-36-34-32-30-20-18-16-14-12-10-8-6-4-2/h12,14,18,20-22,51-52,54-58,60-61H,3-11,13,15-17,19,23-50H2,1-2H3,(H,62,63,64)/b14-12-,20-18-,22-21-. The fourth-order valence-corrected chi connectivity index (χ4v) is 9.39. The maximum absolute atomic E-state index is 12.9. The summed E-state index contributed by atoms with van der Waals surface area (Å²) in [5, 5.41) is 30.8. The number of aliphatic hydroxyl groups excluding tert-OH is 3. The highest BCUT2D eigenvalue weighted by molar-refractivity contribution is 7.80. The summed E-state index contributed by atoms with van der Waals surface area (Å²) in [4.78, 5) is 12.9. The Morgan fingerprint density at radius 1 is 0.543 bits per heavy atom. The van der Waals surface area contributed by atoms with Crippen LogP contribution in [-0.4, -0.2) is 97.5 Å². The quantitative estimate of drug-likeness (QED) is 0.0196. The molecule has 0 saturated carbocycles. The van der Waals surface area contributed by atoms with Crippen LogP contribution < -0.4 is 0 Å². The molecule has 1 heterocycles. The van der Waals surface area contributed by atoms with Crippen molar-refractivity contribution < 1.29 is 56.2 Å². The van der Waals surface area contributed by atoms with Crippen molar-refractivity contribution in [3.05, 3.63) is 36.5 Å². The first-order valence-corrected chi connectivity index (χ1v) is 30.1. The summed E-state index contributed by atoms with van der Waals surface area (Å²) in [6.07, 6.45) is 50.4. The summed E-state index contributed by atoms with van der Waals surface area (Å²) < 4.78 is 59.4. The predicted octanol–water partition coefficient (Wildman–Crippen LogP) is 14.1. The van der Waals surface area contributed by atoms with Crippen LogP contribution in [0, 0.1) is 0 Å². The number of aliphatic hydroxyl groups is 3. The minimum Gasteiger partial charge on any atom is -0.457 e. The van der Waals surface area contributed by atoms with Crippen molar-refractivity contribution in [3.63, 3.8) is 0 Å². The molecule has 1 aliphatic rings. The minimum atomic E-state index is -5.07. The molecule has 1 rings (SSSR count). The summed E-state index contributed by atoms with van der Waals surface area (Å²) in [7, 11) is -5.07. The molecule has 6 unspecified atom stereocenters. The zero-order valence-corrected chi connectivity index (χ0v) is 45.4. The van der Waals surface area contributed by atoms with Crippen LogP contribution in [0.4, 0.5) is 0 Å². The van der Waals surface area contributed by atoms with E-state index >= 15 is 0 Å². The number of rotatable bonds is 51. The van der Waals surface area contributed by atoms with Gasteiger partial charge in [0, 0.05) is 13.0 Å². The van der Waals surface area contributed by atoms with E-state index < -0.39 is 59.8 Å². The van der Waals surface area contributed by atoms with Gasteiger partial charge in [-0.2, -0.15) is 8.42 Å². The first-order valence-electron chi connectivity index (χ1n) is 28.7. The van der Waals surface area contributed by atoms with Gasteiger partial charge in [-0.1, -0.05) is 217 Å². The highest BCUT2D eigenvalue weighted by Gasteiger charge is 2.48. The summed E-state index contributed by atoms with van der Waals surface area (Å²) in [5.74, 6) is -0.403. The second-order valence-electron chi connectivity index (χ2n) is 19.9. The molecule has 0 spiro atoms. The second kappa shape index (κ2) is 48.3. The van der Waals surface area contributed by atoms with Crippen molar-refractivity contribution in [1.29, 1.82) is 0 Å². The Hall–Kier alpha value is -1.68. The smallest absolute Gasteiger partial charge is 0.397 e. The summed E-state index contributed by atoms with van der Waals surface area (Å²) >= 11 is 0. The highest BCUT2D eigenvalue weighted by Crippen LogP contribution is 2.26. The largest absolute Gasteiger partial charge is 0.457 e. The molecule has 0 aromatic rings. The van der Waals surface area contributed by atoms with Gasteiger partial charge in [0.05, 0.1) is 19.8 Å². The van der Waals surface area contributed by atoms with Crippen LogP contribution in [0.5, 0.6) is 0 Å². The van der Waals surface area contributed by atoms with E-state index in [9.17, 15) is 33.1 Å². The molecule has 1 fully saturated rings. The Bertz CT molecular complexity index is 1360. The van der Waals surface area contributed by atoms with Gasteiger partial charge in [0.2, 0.25) is 0 Å². The van der Waals surface area contributed by atoms with E-state index in [-0.39, 0.29) is 19.6 Å². The third-order valence-corrected chi connectivity index (χ3v) is 13.7. The first kappa shape index (κ1) is 66.3. The summed E-state index contributed by atoms with van der Waals surface area (Å²) in [5.41, 5.74) is 0. The average Bonchev–Trinajstić information content (AvgIpc) is 3.34. The minimum absolute atomic E-state index is 0.0350. The van der Waals surface area contributed by atoms with Crippen molar-refractivity contribution in [2.45, 2.75) is 295 Å². The van der Waals surface area contributed by atoms with Gasteiger partial charge in [0.25, 0.3) is 0 Å². The Morgan fingerprint density at radius 3 is 1.40 bits per heavy atom. The molecule has 0 radical (unpaired) electrons. The third-order valence-electron chi connectivity index (χ3n) is 13.2. The molecule has 0 aromatic carbocycles. The van der Waals surface area contributed by atoms with Crippen LogP contribution in [0.1, 0.15) is 258 Å². The number of ether oxygens (including phenoxy) is 4. The van der Waals surface area contributed by atoms with Crippen LogP contribution in [-0.2, 0) is 38.3 Å². The Balaban J connectivity index is 2.27. The maximum Gasteiger partial charge on any atom is 0.397 e. The molecule has 70 heavy (non-hydrogen) atoms. The lowest BCUT2D eigenvalue weighted by Crippen LogP contribution is -2.60. The third kappa shape index (κ3) is 40.8. The molecule has 13 heteroatoms. The van der Waals surface area contributed by atoms with Gasteiger partial charge < -0.3 is 34.3 Å². The number of allylic oxidation sites excluding steroid dienone is 6. The molecular formula is C57H106O12S. The van der Waals surface area contributed by atoms with Gasteiger partial charge in [0.1, 0.15) is 30.5 Å². The molecular weight excluding hydrogens is 909 g/mol. The Morgan fingerprint density at radius 2 is 0.943 bits per heavy atom. The lowest BCUT2D eigenvalue weighted by molar-refractivity contribution is -0.301. The summed E-state index contributed by atoms with van der Waals surface area (Å²) in [6, 6.07) is 0. The molecule has 12 nitrogen and oxygen atoms in total. The fraction of sp³-hybridized carbons (Fsp3) is 0.877.